The Kier molecular flexibility index (Phi) is 4.51. The smallest absolute Gasteiger partial charge is 0.134 e. The third kappa shape index (κ3) is 3.23. The van der Waals surface area contributed by atoms with Gasteiger partial charge in [0.1, 0.15) is 11.6 Å². The zero-order valence-electron chi connectivity index (χ0n) is 10.9. The van der Waals surface area contributed by atoms with Gasteiger partial charge in [0.15, 0.2) is 0 Å². The lowest BCUT2D eigenvalue weighted by molar-refractivity contribution is -0.116. The summed E-state index contributed by atoms with van der Waals surface area (Å²) in [5.41, 5.74) is 2.83. The number of halogens is 1. The Balaban J connectivity index is 2.65. The van der Waals surface area contributed by atoms with Crippen LogP contribution < -0.4 is 0 Å². The summed E-state index contributed by atoms with van der Waals surface area (Å²) in [6.45, 7) is 1.51. The topological polar surface area (TPSA) is 29.4 Å². The molecule has 0 unspecified atom stereocenters. The molecule has 0 fully saturated rings. The van der Waals surface area contributed by atoms with Gasteiger partial charge in [-0.2, -0.15) is 4.99 Å². The van der Waals surface area contributed by atoms with E-state index in [4.69, 9.17) is 0 Å². The molecule has 0 heterocycles. The molecule has 0 atom stereocenters. The van der Waals surface area contributed by atoms with E-state index in [-0.39, 0.29) is 18.0 Å². The summed E-state index contributed by atoms with van der Waals surface area (Å²) in [7, 11) is 0. The monoisotopic (exact) mass is 285 g/mol. The second-order valence-electron chi connectivity index (χ2n) is 4.40. The maximum atomic E-state index is 13.4. The molecule has 0 saturated carbocycles. The van der Waals surface area contributed by atoms with Crippen molar-refractivity contribution in [2.45, 2.75) is 13.3 Å². The van der Waals surface area contributed by atoms with Crippen LogP contribution in [-0.2, 0) is 11.2 Å². The van der Waals surface area contributed by atoms with Crippen LogP contribution in [0.2, 0.25) is 0 Å². The predicted molar refractivity (Wildman–Crippen MR) is 80.9 cm³/mol. The Morgan fingerprint density at radius 1 is 1.30 bits per heavy atom. The van der Waals surface area contributed by atoms with E-state index >= 15 is 0 Å². The molecule has 20 heavy (non-hydrogen) atoms. The molecule has 0 amide bonds. The average Bonchev–Trinajstić information content (AvgIpc) is 2.40. The summed E-state index contributed by atoms with van der Waals surface area (Å²) < 4.78 is 13.4. The average molecular weight is 285 g/mol. The van der Waals surface area contributed by atoms with E-state index in [1.807, 2.05) is 6.07 Å². The number of hydrogen-bond acceptors (Lipinski definition) is 3. The van der Waals surface area contributed by atoms with Crippen molar-refractivity contribution in [3.05, 3.63) is 53.8 Å². The summed E-state index contributed by atoms with van der Waals surface area (Å²) >= 11 is 4.63. The predicted octanol–water partition coefficient (Wildman–Crippen LogP) is 4.36. The fourth-order valence-corrected chi connectivity index (χ4v) is 2.19. The Morgan fingerprint density at radius 3 is 2.70 bits per heavy atom. The van der Waals surface area contributed by atoms with Gasteiger partial charge < -0.3 is 0 Å². The quantitative estimate of drug-likeness (QED) is 0.617. The number of thiocarbonyl (C=S) groups is 1. The van der Waals surface area contributed by atoms with Crippen molar-refractivity contribution in [1.29, 1.82) is 0 Å². The molecular formula is C16H12FNOS. The third-order valence-electron chi connectivity index (χ3n) is 2.88. The van der Waals surface area contributed by atoms with Gasteiger partial charge in [-0.05, 0) is 54.0 Å². The molecule has 0 aliphatic rings. The second-order valence-corrected chi connectivity index (χ2v) is 4.58. The Labute approximate surface area is 122 Å². The number of ketones is 1. The first-order valence-electron chi connectivity index (χ1n) is 6.07. The second kappa shape index (κ2) is 6.33. The number of carbonyl (C=O) groups is 1. The first-order chi connectivity index (χ1) is 9.61. The van der Waals surface area contributed by atoms with Crippen LogP contribution in [0, 0.1) is 5.82 Å². The standard InChI is InChI=1S/C16H12FNOS/c1-11(19)8-15-14(6-3-7-16(15)18-10-20)12-4-2-5-13(17)9-12/h2-7,9H,8H2,1H3. The zero-order valence-corrected chi connectivity index (χ0v) is 11.7. The first-order valence-corrected chi connectivity index (χ1v) is 6.48. The van der Waals surface area contributed by atoms with Crippen molar-refractivity contribution < 1.29 is 9.18 Å². The Hall–Kier alpha value is -2.16. The van der Waals surface area contributed by atoms with Crippen molar-refractivity contribution in [3.63, 3.8) is 0 Å². The largest absolute Gasteiger partial charge is 0.300 e. The van der Waals surface area contributed by atoms with Crippen LogP contribution in [0.5, 0.6) is 0 Å². The summed E-state index contributed by atoms with van der Waals surface area (Å²) in [5, 5.41) is 2.31. The molecule has 0 radical (unpaired) electrons. The van der Waals surface area contributed by atoms with Gasteiger partial charge in [-0.25, -0.2) is 4.39 Å². The molecule has 2 aromatic rings. The minimum Gasteiger partial charge on any atom is -0.300 e. The lowest BCUT2D eigenvalue weighted by Crippen LogP contribution is -1.99. The highest BCUT2D eigenvalue weighted by Gasteiger charge is 2.12. The number of aliphatic imine (C=N–C) groups is 1. The van der Waals surface area contributed by atoms with E-state index in [1.54, 1.807) is 24.3 Å². The fourth-order valence-electron chi connectivity index (χ4n) is 2.09. The van der Waals surface area contributed by atoms with E-state index in [9.17, 15) is 9.18 Å². The highest BCUT2D eigenvalue weighted by Crippen LogP contribution is 2.31. The molecule has 100 valence electrons. The van der Waals surface area contributed by atoms with Crippen molar-refractivity contribution in [2.75, 3.05) is 0 Å². The number of rotatable bonds is 4. The lowest BCUT2D eigenvalue weighted by Gasteiger charge is -2.11. The maximum Gasteiger partial charge on any atom is 0.134 e. The van der Waals surface area contributed by atoms with Crippen LogP contribution in [-0.4, -0.2) is 10.9 Å². The molecule has 0 aliphatic carbocycles. The maximum absolute atomic E-state index is 13.4. The summed E-state index contributed by atoms with van der Waals surface area (Å²) in [6.07, 6.45) is 0.225. The molecule has 2 aromatic carbocycles. The molecule has 2 rings (SSSR count). The van der Waals surface area contributed by atoms with Gasteiger partial charge in [0, 0.05) is 6.42 Å². The van der Waals surface area contributed by atoms with Crippen molar-refractivity contribution in [3.8, 4) is 11.1 Å². The van der Waals surface area contributed by atoms with Crippen LogP contribution >= 0.6 is 12.2 Å². The summed E-state index contributed by atoms with van der Waals surface area (Å²) in [5.74, 6) is -0.310. The summed E-state index contributed by atoms with van der Waals surface area (Å²) in [6, 6.07) is 11.7. The van der Waals surface area contributed by atoms with E-state index in [2.05, 4.69) is 22.4 Å². The van der Waals surface area contributed by atoms with Gasteiger partial charge in [0.25, 0.3) is 0 Å². The molecular weight excluding hydrogens is 273 g/mol. The number of Topliss-reactive ketones (excluding diaryl/α,β-unsaturated/α-hetero) is 1. The molecule has 0 spiro atoms. The SMILES string of the molecule is CC(=O)Cc1c(N=C=S)cccc1-c1cccc(F)c1. The van der Waals surface area contributed by atoms with Gasteiger partial charge >= 0.3 is 0 Å². The van der Waals surface area contributed by atoms with Gasteiger partial charge in [-0.15, -0.1) is 0 Å². The normalized spacial score (nSPS) is 9.90. The van der Waals surface area contributed by atoms with E-state index in [0.717, 1.165) is 11.1 Å². The Morgan fingerprint density at radius 2 is 2.05 bits per heavy atom. The van der Waals surface area contributed by atoms with E-state index < -0.39 is 0 Å². The number of isothiocyanates is 1. The molecule has 2 nitrogen and oxygen atoms in total. The van der Waals surface area contributed by atoms with Crippen molar-refractivity contribution in [1.82, 2.24) is 0 Å². The molecule has 0 aromatic heterocycles. The number of carbonyl (C=O) groups excluding carboxylic acids is 1. The van der Waals surface area contributed by atoms with Crippen LogP contribution in [0.4, 0.5) is 10.1 Å². The molecule has 0 bridgehead atoms. The highest BCUT2D eigenvalue weighted by molar-refractivity contribution is 7.78. The number of benzene rings is 2. The lowest BCUT2D eigenvalue weighted by atomic mass is 9.95. The molecule has 0 saturated heterocycles. The first kappa shape index (κ1) is 14.3. The minimum atomic E-state index is -0.319. The van der Waals surface area contributed by atoms with Crippen LogP contribution in [0.15, 0.2) is 47.5 Å². The van der Waals surface area contributed by atoms with Crippen LogP contribution in [0.3, 0.4) is 0 Å². The highest BCUT2D eigenvalue weighted by atomic mass is 32.1. The third-order valence-corrected chi connectivity index (χ3v) is 2.97. The van der Waals surface area contributed by atoms with Gasteiger partial charge in [-0.1, -0.05) is 24.3 Å². The summed E-state index contributed by atoms with van der Waals surface area (Å²) in [4.78, 5) is 15.4. The molecule has 0 aliphatic heterocycles. The number of nitrogens with zero attached hydrogens (tertiary/aromatic N) is 1. The molecule has 4 heteroatoms. The van der Waals surface area contributed by atoms with Crippen molar-refractivity contribution in [2.24, 2.45) is 4.99 Å². The molecule has 0 N–H and O–H groups in total. The van der Waals surface area contributed by atoms with Crippen LogP contribution in [0.1, 0.15) is 12.5 Å². The van der Waals surface area contributed by atoms with E-state index in [0.29, 0.717) is 11.3 Å². The number of hydrogen-bond donors (Lipinski definition) is 0. The van der Waals surface area contributed by atoms with Gasteiger partial charge in [-0.3, -0.25) is 4.79 Å². The van der Waals surface area contributed by atoms with Crippen molar-refractivity contribution >= 4 is 28.8 Å². The Bertz CT molecular complexity index is 705. The van der Waals surface area contributed by atoms with Gasteiger partial charge in [0.2, 0.25) is 0 Å². The minimum absolute atomic E-state index is 0.00896. The fraction of sp³-hybridized carbons (Fsp3) is 0.125. The van der Waals surface area contributed by atoms with Crippen LogP contribution in [0.25, 0.3) is 11.1 Å². The zero-order chi connectivity index (χ0) is 14.5. The van der Waals surface area contributed by atoms with Gasteiger partial charge in [0.05, 0.1) is 10.8 Å². The van der Waals surface area contributed by atoms with E-state index in [1.165, 1.54) is 19.1 Å².